The van der Waals surface area contributed by atoms with Crippen molar-refractivity contribution in [1.82, 2.24) is 16.0 Å². The van der Waals surface area contributed by atoms with Gasteiger partial charge in [-0.25, -0.2) is 4.79 Å². The van der Waals surface area contributed by atoms with Gasteiger partial charge in [0.1, 0.15) is 12.1 Å². The number of carbonyl (C=O) groups excluding carboxylic acids is 4. The van der Waals surface area contributed by atoms with E-state index >= 15 is 0 Å². The van der Waals surface area contributed by atoms with Crippen LogP contribution in [0.3, 0.4) is 0 Å². The Morgan fingerprint density at radius 1 is 1.12 bits per heavy atom. The van der Waals surface area contributed by atoms with Gasteiger partial charge in [-0.1, -0.05) is 58.0 Å². The Bertz CT molecular complexity index is 850. The van der Waals surface area contributed by atoms with E-state index in [1.165, 1.54) is 7.11 Å². The van der Waals surface area contributed by atoms with Crippen LogP contribution in [0.25, 0.3) is 0 Å². The largest absolute Gasteiger partial charge is 0.467 e. The average molecular weight is 474 g/mol. The monoisotopic (exact) mass is 473 g/mol. The van der Waals surface area contributed by atoms with Crippen LogP contribution in [0.2, 0.25) is 0 Å². The molecule has 0 radical (unpaired) electrons. The van der Waals surface area contributed by atoms with Gasteiger partial charge in [0, 0.05) is 18.9 Å². The van der Waals surface area contributed by atoms with Crippen LogP contribution in [0.15, 0.2) is 30.3 Å². The van der Waals surface area contributed by atoms with E-state index in [1.54, 1.807) is 0 Å². The minimum Gasteiger partial charge on any atom is -0.467 e. The molecule has 0 aromatic heterocycles. The normalized spacial score (nSPS) is 18.4. The number of amides is 3. The second-order valence-electron chi connectivity index (χ2n) is 10.2. The first kappa shape index (κ1) is 27.3. The van der Waals surface area contributed by atoms with Crippen molar-refractivity contribution < 1.29 is 23.9 Å². The Morgan fingerprint density at radius 3 is 2.32 bits per heavy atom. The molecule has 1 saturated heterocycles. The van der Waals surface area contributed by atoms with E-state index in [1.807, 2.05) is 58.0 Å². The zero-order valence-electron chi connectivity index (χ0n) is 21.0. The van der Waals surface area contributed by atoms with E-state index in [9.17, 15) is 19.2 Å². The number of hydrogen-bond acceptors (Lipinski definition) is 5. The zero-order valence-corrected chi connectivity index (χ0v) is 21.0. The number of ether oxygens (including phenoxy) is 1. The van der Waals surface area contributed by atoms with Crippen LogP contribution in [0.1, 0.15) is 71.3 Å². The number of nitrogens with one attached hydrogen (secondary N) is 3. The molecular formula is C26H39N3O5. The van der Waals surface area contributed by atoms with Gasteiger partial charge in [-0.3, -0.25) is 14.4 Å². The smallest absolute Gasteiger partial charge is 0.328 e. The van der Waals surface area contributed by atoms with E-state index in [2.05, 4.69) is 16.0 Å². The first-order valence-electron chi connectivity index (χ1n) is 12.0. The van der Waals surface area contributed by atoms with Crippen LogP contribution in [-0.2, 0) is 23.9 Å². The van der Waals surface area contributed by atoms with Crippen molar-refractivity contribution in [2.24, 2.45) is 11.3 Å². The lowest BCUT2D eigenvalue weighted by Gasteiger charge is -2.28. The lowest BCUT2D eigenvalue weighted by atomic mass is 9.87. The average Bonchev–Trinajstić information content (AvgIpc) is 3.19. The van der Waals surface area contributed by atoms with E-state index in [4.69, 9.17) is 4.74 Å². The summed E-state index contributed by atoms with van der Waals surface area (Å²) in [6.45, 7) is 8.54. The summed E-state index contributed by atoms with van der Waals surface area (Å²) in [5.74, 6) is -1.73. The Morgan fingerprint density at radius 2 is 1.79 bits per heavy atom. The summed E-state index contributed by atoms with van der Waals surface area (Å²) >= 11 is 0. The van der Waals surface area contributed by atoms with Gasteiger partial charge in [-0.2, -0.15) is 0 Å². The molecule has 1 aromatic rings. The fourth-order valence-corrected chi connectivity index (χ4v) is 4.30. The second-order valence-corrected chi connectivity index (χ2v) is 10.2. The highest BCUT2D eigenvalue weighted by Crippen LogP contribution is 2.25. The van der Waals surface area contributed by atoms with Crippen molar-refractivity contribution in [3.63, 3.8) is 0 Å². The summed E-state index contributed by atoms with van der Waals surface area (Å²) in [4.78, 5) is 50.5. The number of carbonyl (C=O) groups is 4. The standard InChI is InChI=1S/C26H39N3O5/c1-6-17(18-10-8-7-9-11-18)15-22(30)28-21(16-26(2,3)4)24(32)29-20(25(33)34-5)14-19-12-13-27-23(19)31/h7-11,17,19-21H,6,12-16H2,1-5H3,(H,27,31)(H,28,30)(H,29,32)/t17?,19-,20-,21-/m0/s1. The summed E-state index contributed by atoms with van der Waals surface area (Å²) < 4.78 is 4.86. The molecule has 3 amide bonds. The number of esters is 1. The maximum absolute atomic E-state index is 13.2. The summed E-state index contributed by atoms with van der Waals surface area (Å²) in [5.41, 5.74) is 0.836. The van der Waals surface area contributed by atoms with Crippen LogP contribution in [0, 0.1) is 11.3 Å². The highest BCUT2D eigenvalue weighted by molar-refractivity contribution is 5.91. The molecule has 0 spiro atoms. The molecule has 1 heterocycles. The van der Waals surface area contributed by atoms with Gasteiger partial charge >= 0.3 is 5.97 Å². The van der Waals surface area contributed by atoms with Crippen LogP contribution >= 0.6 is 0 Å². The number of methoxy groups -OCH3 is 1. The summed E-state index contributed by atoms with van der Waals surface area (Å²) in [7, 11) is 1.25. The van der Waals surface area contributed by atoms with E-state index < -0.39 is 24.0 Å². The highest BCUT2D eigenvalue weighted by atomic mass is 16.5. The molecule has 188 valence electrons. The quantitative estimate of drug-likeness (QED) is 0.428. The maximum Gasteiger partial charge on any atom is 0.328 e. The Kier molecular flexibility index (Phi) is 10.1. The third-order valence-corrected chi connectivity index (χ3v) is 6.15. The van der Waals surface area contributed by atoms with Gasteiger partial charge in [-0.05, 0) is 42.6 Å². The van der Waals surface area contributed by atoms with E-state index in [-0.39, 0.29) is 41.9 Å². The van der Waals surface area contributed by atoms with Crippen LogP contribution in [0.4, 0.5) is 0 Å². The van der Waals surface area contributed by atoms with Crippen molar-refractivity contribution in [2.75, 3.05) is 13.7 Å². The topological polar surface area (TPSA) is 114 Å². The van der Waals surface area contributed by atoms with Crippen molar-refractivity contribution >= 4 is 23.7 Å². The molecule has 3 N–H and O–H groups in total. The SMILES string of the molecule is CCC(CC(=O)N[C@@H](CC(C)(C)C)C(=O)N[C@@H](C[C@@H]1CCNC1=O)C(=O)OC)c1ccccc1. The molecule has 1 unspecified atom stereocenters. The fraction of sp³-hybridized carbons (Fsp3) is 0.615. The van der Waals surface area contributed by atoms with Gasteiger partial charge in [0.2, 0.25) is 17.7 Å². The first-order chi connectivity index (χ1) is 16.0. The van der Waals surface area contributed by atoms with Gasteiger partial charge in [0.05, 0.1) is 7.11 Å². The van der Waals surface area contributed by atoms with Gasteiger partial charge in [0.15, 0.2) is 0 Å². The van der Waals surface area contributed by atoms with Gasteiger partial charge in [0.25, 0.3) is 0 Å². The Labute approximate surface area is 202 Å². The molecule has 34 heavy (non-hydrogen) atoms. The molecule has 2 rings (SSSR count). The molecule has 0 saturated carbocycles. The van der Waals surface area contributed by atoms with Crippen LogP contribution in [-0.4, -0.2) is 49.4 Å². The van der Waals surface area contributed by atoms with Crippen molar-refractivity contribution in [1.29, 1.82) is 0 Å². The Balaban J connectivity index is 2.11. The van der Waals surface area contributed by atoms with Crippen LogP contribution < -0.4 is 16.0 Å². The molecule has 8 heteroatoms. The summed E-state index contributed by atoms with van der Waals surface area (Å²) in [6.07, 6.45) is 2.21. The predicted octanol–water partition coefficient (Wildman–Crippen LogP) is 2.68. The third-order valence-electron chi connectivity index (χ3n) is 6.15. The minimum absolute atomic E-state index is 0.0447. The number of hydrogen-bond donors (Lipinski definition) is 3. The van der Waals surface area contributed by atoms with Gasteiger partial charge in [-0.15, -0.1) is 0 Å². The second kappa shape index (κ2) is 12.5. The predicted molar refractivity (Wildman–Crippen MR) is 130 cm³/mol. The van der Waals surface area contributed by atoms with Gasteiger partial charge < -0.3 is 20.7 Å². The van der Waals surface area contributed by atoms with E-state index in [0.717, 1.165) is 12.0 Å². The lowest BCUT2D eigenvalue weighted by Crippen LogP contribution is -2.53. The first-order valence-corrected chi connectivity index (χ1v) is 12.0. The lowest BCUT2D eigenvalue weighted by molar-refractivity contribution is -0.146. The van der Waals surface area contributed by atoms with Crippen molar-refractivity contribution in [3.05, 3.63) is 35.9 Å². The fourth-order valence-electron chi connectivity index (χ4n) is 4.30. The third kappa shape index (κ3) is 8.47. The number of benzene rings is 1. The molecule has 4 atom stereocenters. The highest BCUT2D eigenvalue weighted by Gasteiger charge is 2.34. The molecule has 0 aliphatic carbocycles. The van der Waals surface area contributed by atoms with E-state index in [0.29, 0.717) is 19.4 Å². The summed E-state index contributed by atoms with van der Waals surface area (Å²) in [6, 6.07) is 8.06. The molecule has 1 aromatic carbocycles. The molecule has 0 bridgehead atoms. The molecule has 8 nitrogen and oxygen atoms in total. The molecule has 1 fully saturated rings. The zero-order chi connectivity index (χ0) is 25.3. The Hall–Kier alpha value is -2.90. The maximum atomic E-state index is 13.2. The van der Waals surface area contributed by atoms with Crippen molar-refractivity contribution in [3.8, 4) is 0 Å². The minimum atomic E-state index is -0.960. The summed E-state index contributed by atoms with van der Waals surface area (Å²) in [5, 5.41) is 8.37. The molecular weight excluding hydrogens is 434 g/mol. The van der Waals surface area contributed by atoms with Crippen LogP contribution in [0.5, 0.6) is 0 Å². The number of rotatable bonds is 11. The molecule has 1 aliphatic rings. The van der Waals surface area contributed by atoms with Crippen molar-refractivity contribution in [2.45, 2.75) is 77.8 Å². The molecule has 1 aliphatic heterocycles.